The summed E-state index contributed by atoms with van der Waals surface area (Å²) >= 11 is 0. The Morgan fingerprint density at radius 3 is 1.27 bits per heavy atom. The van der Waals surface area contributed by atoms with Gasteiger partial charge in [-0.05, 0) is 12.1 Å². The minimum atomic E-state index is -1.36. The van der Waals surface area contributed by atoms with Gasteiger partial charge in [0.1, 0.15) is 11.4 Å². The number of aromatic carboxylic acids is 4. The minimum Gasteiger partial charge on any atom is -0.478 e. The van der Waals surface area contributed by atoms with Crippen molar-refractivity contribution in [2.45, 2.75) is 9.79 Å². The molecule has 4 N–H and O–H groups in total. The summed E-state index contributed by atoms with van der Waals surface area (Å²) in [4.78, 5) is 51.5. The van der Waals surface area contributed by atoms with Gasteiger partial charge in [0, 0.05) is 22.2 Å². The number of aromatic nitrogens is 2. The third-order valence-corrected chi connectivity index (χ3v) is 5.30. The lowest BCUT2D eigenvalue weighted by molar-refractivity contribution is 0.0672. The number of carboxylic acid groups (broad SMARTS) is 4. The maximum Gasteiger partial charge on any atom is 0.354 e. The van der Waals surface area contributed by atoms with Crippen molar-refractivity contribution in [1.29, 1.82) is 0 Å². The molecule has 0 spiro atoms. The van der Waals surface area contributed by atoms with Crippen LogP contribution < -0.4 is 0 Å². The Hall–Kier alpha value is -3.12. The summed E-state index contributed by atoms with van der Waals surface area (Å²) in [5.74, 6) is -5.43. The van der Waals surface area contributed by atoms with Gasteiger partial charge in [-0.2, -0.15) is 0 Å². The predicted molar refractivity (Wildman–Crippen MR) is 88.0 cm³/mol. The molecule has 0 fully saturated rings. The Morgan fingerprint density at radius 2 is 1.00 bits per heavy atom. The fourth-order valence-corrected chi connectivity index (χ4v) is 3.98. The van der Waals surface area contributed by atoms with Gasteiger partial charge in [0.05, 0.1) is 11.1 Å². The predicted octanol–water partition coefficient (Wildman–Crippen LogP) is 2.07. The van der Waals surface area contributed by atoms with E-state index >= 15 is 0 Å². The van der Waals surface area contributed by atoms with Crippen LogP contribution in [0.3, 0.4) is 0 Å². The molecule has 134 valence electrons. The van der Waals surface area contributed by atoms with E-state index in [1.54, 1.807) is 0 Å². The summed E-state index contributed by atoms with van der Waals surface area (Å²) in [6.07, 6.45) is 1.75. The number of carbonyl (C=O) groups is 4. The average Bonchev–Trinajstić information content (AvgIpc) is 2.58. The Labute approximate surface area is 152 Å². The fraction of sp³-hybridized carbons (Fsp3) is 0. The maximum atomic E-state index is 11.2. The van der Waals surface area contributed by atoms with Crippen molar-refractivity contribution in [3.05, 3.63) is 47.0 Å². The van der Waals surface area contributed by atoms with Crippen molar-refractivity contribution in [2.75, 3.05) is 0 Å². The highest BCUT2D eigenvalue weighted by molar-refractivity contribution is 8.76. The largest absolute Gasteiger partial charge is 0.478 e. The van der Waals surface area contributed by atoms with E-state index in [-0.39, 0.29) is 20.9 Å². The number of nitrogens with zero attached hydrogens (tertiary/aromatic N) is 2. The smallest absolute Gasteiger partial charge is 0.354 e. The fourth-order valence-electron chi connectivity index (χ4n) is 1.66. The summed E-state index contributed by atoms with van der Waals surface area (Å²) < 4.78 is 0. The lowest BCUT2D eigenvalue weighted by atomic mass is 10.2. The third-order valence-electron chi connectivity index (χ3n) is 2.85. The van der Waals surface area contributed by atoms with Crippen molar-refractivity contribution < 1.29 is 39.6 Å². The van der Waals surface area contributed by atoms with Gasteiger partial charge >= 0.3 is 23.9 Å². The van der Waals surface area contributed by atoms with Gasteiger partial charge in [-0.15, -0.1) is 0 Å². The highest BCUT2D eigenvalue weighted by atomic mass is 33.1. The van der Waals surface area contributed by atoms with Gasteiger partial charge < -0.3 is 20.4 Å². The standard InChI is InChI=1S/C14H8N2O8S2/c17-11(18)5-3-15-7(13(21)22)1-9(5)25-26-10-2-8(14(23)24)16-4-6(10)12(19)20/h1-4H,(H,17,18)(H,19,20)(H,21,22)(H,23,24). The molecule has 2 rings (SSSR count). The highest BCUT2D eigenvalue weighted by Crippen LogP contribution is 2.40. The van der Waals surface area contributed by atoms with E-state index < -0.39 is 35.3 Å². The molecule has 0 bridgehead atoms. The molecule has 0 aliphatic carbocycles. The molecule has 2 aromatic heterocycles. The van der Waals surface area contributed by atoms with E-state index in [2.05, 4.69) is 9.97 Å². The lowest BCUT2D eigenvalue weighted by Gasteiger charge is -2.08. The zero-order chi connectivity index (χ0) is 19.4. The number of pyridine rings is 2. The van der Waals surface area contributed by atoms with Crippen molar-refractivity contribution in [1.82, 2.24) is 9.97 Å². The molecular formula is C14H8N2O8S2. The third kappa shape index (κ3) is 4.29. The first-order valence-electron chi connectivity index (χ1n) is 6.48. The van der Waals surface area contributed by atoms with Crippen LogP contribution in [0.1, 0.15) is 41.7 Å². The van der Waals surface area contributed by atoms with E-state index in [9.17, 15) is 19.2 Å². The first-order chi connectivity index (χ1) is 12.2. The molecule has 0 atom stereocenters. The summed E-state index contributed by atoms with van der Waals surface area (Å²) in [7, 11) is 1.52. The second-order valence-electron chi connectivity index (χ2n) is 4.52. The second kappa shape index (κ2) is 7.84. The van der Waals surface area contributed by atoms with Gasteiger partial charge in [0.2, 0.25) is 0 Å². The lowest BCUT2D eigenvalue weighted by Crippen LogP contribution is -2.06. The SMILES string of the molecule is O=C(O)c1cc(SSc2cc(C(=O)O)ncc2C(=O)O)c(C(=O)O)cn1. The van der Waals surface area contributed by atoms with E-state index in [0.29, 0.717) is 0 Å². The number of hydrogen-bond acceptors (Lipinski definition) is 8. The van der Waals surface area contributed by atoms with Crippen LogP contribution in [-0.4, -0.2) is 54.3 Å². The van der Waals surface area contributed by atoms with Crippen molar-refractivity contribution in [3.63, 3.8) is 0 Å². The second-order valence-corrected chi connectivity index (χ2v) is 6.73. The van der Waals surface area contributed by atoms with Gasteiger partial charge in [-0.3, -0.25) is 0 Å². The molecule has 0 radical (unpaired) electrons. The average molecular weight is 396 g/mol. The van der Waals surface area contributed by atoms with Crippen LogP contribution in [0.2, 0.25) is 0 Å². The van der Waals surface area contributed by atoms with Crippen LogP contribution in [0.5, 0.6) is 0 Å². The molecule has 0 amide bonds. The monoisotopic (exact) mass is 396 g/mol. The summed E-state index contributed by atoms with van der Waals surface area (Å²) in [5, 5.41) is 36.2. The van der Waals surface area contributed by atoms with Crippen molar-refractivity contribution in [3.8, 4) is 0 Å². The quantitative estimate of drug-likeness (QED) is 0.502. The van der Waals surface area contributed by atoms with Gasteiger partial charge in [0.15, 0.2) is 0 Å². The molecule has 12 heteroatoms. The van der Waals surface area contributed by atoms with E-state index in [1.807, 2.05) is 0 Å². The van der Waals surface area contributed by atoms with Crippen LogP contribution in [0, 0.1) is 0 Å². The Balaban J connectivity index is 2.41. The van der Waals surface area contributed by atoms with Crippen LogP contribution >= 0.6 is 21.6 Å². The highest BCUT2D eigenvalue weighted by Gasteiger charge is 2.19. The molecule has 0 aliphatic heterocycles. The van der Waals surface area contributed by atoms with Crippen molar-refractivity contribution in [2.24, 2.45) is 0 Å². The van der Waals surface area contributed by atoms with E-state index in [4.69, 9.17) is 20.4 Å². The van der Waals surface area contributed by atoms with E-state index in [1.165, 1.54) is 0 Å². The number of hydrogen-bond donors (Lipinski definition) is 4. The molecule has 0 aromatic carbocycles. The molecule has 2 heterocycles. The molecule has 2 aromatic rings. The first kappa shape index (κ1) is 19.2. The normalized spacial score (nSPS) is 10.3. The molecule has 0 unspecified atom stereocenters. The molecular weight excluding hydrogens is 388 g/mol. The van der Waals surface area contributed by atoms with Crippen LogP contribution in [0.25, 0.3) is 0 Å². The summed E-state index contributed by atoms with van der Waals surface area (Å²) in [6.45, 7) is 0. The zero-order valence-electron chi connectivity index (χ0n) is 12.4. The molecule has 0 saturated heterocycles. The van der Waals surface area contributed by atoms with Crippen LogP contribution in [0.15, 0.2) is 34.3 Å². The maximum absolute atomic E-state index is 11.2. The van der Waals surface area contributed by atoms with Gasteiger partial charge in [0.25, 0.3) is 0 Å². The Bertz CT molecular complexity index is 856. The Morgan fingerprint density at radius 1 is 0.654 bits per heavy atom. The zero-order valence-corrected chi connectivity index (χ0v) is 14.1. The molecule has 26 heavy (non-hydrogen) atoms. The summed E-state index contributed by atoms with van der Waals surface area (Å²) in [5.41, 5.74) is -1.34. The number of carboxylic acids is 4. The van der Waals surface area contributed by atoms with E-state index in [0.717, 1.165) is 46.1 Å². The molecule has 10 nitrogen and oxygen atoms in total. The topological polar surface area (TPSA) is 175 Å². The minimum absolute atomic E-state index is 0.0138. The molecule has 0 saturated carbocycles. The number of rotatable bonds is 7. The van der Waals surface area contributed by atoms with Gasteiger partial charge in [-0.25, -0.2) is 29.1 Å². The van der Waals surface area contributed by atoms with Crippen LogP contribution in [0.4, 0.5) is 0 Å². The molecule has 0 aliphatic rings. The first-order valence-corrected chi connectivity index (χ1v) is 8.63. The van der Waals surface area contributed by atoms with Crippen molar-refractivity contribution >= 4 is 45.5 Å². The summed E-state index contributed by atoms with van der Waals surface area (Å²) in [6, 6.07) is 2.06. The van der Waals surface area contributed by atoms with Gasteiger partial charge in [-0.1, -0.05) is 21.6 Å². The van der Waals surface area contributed by atoms with Crippen LogP contribution in [-0.2, 0) is 0 Å². The Kier molecular flexibility index (Phi) is 5.79.